The van der Waals surface area contributed by atoms with Crippen molar-refractivity contribution in [3.63, 3.8) is 0 Å². The van der Waals surface area contributed by atoms with Crippen LogP contribution in [-0.4, -0.2) is 152 Å². The van der Waals surface area contributed by atoms with Crippen LogP contribution in [0.4, 0.5) is 4.79 Å². The van der Waals surface area contributed by atoms with Gasteiger partial charge in [0.05, 0.1) is 6.10 Å². The number of aliphatic carboxylic acids is 1. The molecule has 1 aliphatic carbocycles. The molecule has 2 aromatic carbocycles. The monoisotopic (exact) mass is 959 g/mol. The van der Waals surface area contributed by atoms with Crippen molar-refractivity contribution < 1.29 is 105 Å². The number of alkyl carbamates (subject to hydrolysis) is 1. The van der Waals surface area contributed by atoms with Crippen molar-refractivity contribution in [2.24, 2.45) is 0 Å². The third kappa shape index (κ3) is 13.5. The van der Waals surface area contributed by atoms with Crippen molar-refractivity contribution in [2.75, 3.05) is 19.8 Å². The summed E-state index contributed by atoms with van der Waals surface area (Å²) in [6, 6.07) is 13.3. The number of benzene rings is 2. The van der Waals surface area contributed by atoms with Crippen molar-refractivity contribution >= 4 is 53.8 Å². The predicted molar refractivity (Wildman–Crippen MR) is 223 cm³/mol. The maximum absolute atomic E-state index is 13.3. The summed E-state index contributed by atoms with van der Waals surface area (Å²) >= 11 is 0. The van der Waals surface area contributed by atoms with E-state index >= 15 is 0 Å². The number of hydrogen-bond acceptors (Lipinski definition) is 21. The molecule has 2 heterocycles. The molecule has 12 atom stereocenters. The van der Waals surface area contributed by atoms with Gasteiger partial charge < -0.3 is 67.3 Å². The number of fused-ring (bicyclic) bond motifs is 3. The van der Waals surface area contributed by atoms with Gasteiger partial charge in [-0.1, -0.05) is 48.5 Å². The number of hydrogen-bond donors (Lipinski definition) is 2. The Labute approximate surface area is 389 Å². The van der Waals surface area contributed by atoms with E-state index in [1.165, 1.54) is 6.92 Å². The molecule has 0 saturated carbocycles. The van der Waals surface area contributed by atoms with Crippen LogP contribution >= 0.6 is 0 Å². The second kappa shape index (κ2) is 23.4. The lowest BCUT2D eigenvalue weighted by molar-refractivity contribution is -0.364. The van der Waals surface area contributed by atoms with Gasteiger partial charge in [-0.15, -0.1) is 0 Å². The molecule has 2 saturated heterocycles. The van der Waals surface area contributed by atoms with E-state index in [1.807, 2.05) is 48.5 Å². The van der Waals surface area contributed by atoms with Gasteiger partial charge in [0.15, 0.2) is 49.1 Å². The average molecular weight is 960 g/mol. The van der Waals surface area contributed by atoms with E-state index < -0.39 is 141 Å². The molecule has 5 rings (SSSR count). The highest BCUT2D eigenvalue weighted by Crippen LogP contribution is 2.44. The van der Waals surface area contributed by atoms with E-state index in [2.05, 4.69) is 5.32 Å². The molecular weight excluding hydrogens is 906 g/mol. The summed E-state index contributed by atoms with van der Waals surface area (Å²) in [6.45, 7) is 6.75. The largest absolute Gasteiger partial charge is 0.480 e. The number of carboxylic acid groups (broad SMARTS) is 1. The molecular formula is C45H53NO22. The molecule has 0 bridgehead atoms. The standard InChI is InChI=1S/C45H53NO22/c1-20(35(42(54)55)46-45(56)59-17-32-30-15-11-9-13-28(30)29-14-10-12-16-31(29)32)60-43-40(64-26(7)52)39(63-25(6)51)37(34(66-43)19-58-22(3)48)68-44-41(65-27(8)53)38(62-24(5)50)36(61-23(4)49)33(67-44)18-57-21(2)47/h9-16,20,32-41,43-44H,17-19H2,1-8H3,(H,46,56)(H,54,55). The van der Waals surface area contributed by atoms with Gasteiger partial charge in [0, 0.05) is 54.4 Å². The zero-order valence-electron chi connectivity index (χ0n) is 38.3. The Balaban J connectivity index is 1.46. The van der Waals surface area contributed by atoms with Crippen molar-refractivity contribution in [2.45, 2.75) is 135 Å². The lowest BCUT2D eigenvalue weighted by atomic mass is 9.96. The smallest absolute Gasteiger partial charge is 0.407 e. The van der Waals surface area contributed by atoms with Gasteiger partial charge >= 0.3 is 53.8 Å². The van der Waals surface area contributed by atoms with Crippen LogP contribution < -0.4 is 5.32 Å². The minimum Gasteiger partial charge on any atom is -0.480 e. The lowest BCUT2D eigenvalue weighted by Crippen LogP contribution is -2.67. The molecule has 0 spiro atoms. The van der Waals surface area contributed by atoms with Gasteiger partial charge in [-0.2, -0.15) is 0 Å². The number of carbonyl (C=O) groups excluding carboxylic acids is 8. The number of carboxylic acids is 1. The summed E-state index contributed by atoms with van der Waals surface area (Å²) < 4.78 is 68.3. The topological polar surface area (TPSA) is 297 Å². The summed E-state index contributed by atoms with van der Waals surface area (Å²) in [4.78, 5) is 113. The Morgan fingerprint density at radius 3 is 1.41 bits per heavy atom. The van der Waals surface area contributed by atoms with E-state index in [4.69, 9.17) is 56.8 Å². The van der Waals surface area contributed by atoms with Gasteiger partial charge in [-0.3, -0.25) is 33.6 Å². The van der Waals surface area contributed by atoms with E-state index in [1.54, 1.807) is 0 Å². The van der Waals surface area contributed by atoms with Gasteiger partial charge in [0.1, 0.15) is 38.1 Å². The molecule has 23 nitrogen and oxygen atoms in total. The number of carbonyl (C=O) groups is 9. The molecule has 370 valence electrons. The van der Waals surface area contributed by atoms with Crippen molar-refractivity contribution in [1.82, 2.24) is 5.32 Å². The molecule has 23 heteroatoms. The summed E-state index contributed by atoms with van der Waals surface area (Å²) in [7, 11) is 0. The van der Waals surface area contributed by atoms with Crippen LogP contribution in [0.3, 0.4) is 0 Å². The van der Waals surface area contributed by atoms with Gasteiger partial charge in [0.25, 0.3) is 0 Å². The fourth-order valence-corrected chi connectivity index (χ4v) is 8.02. The molecule has 3 aliphatic rings. The van der Waals surface area contributed by atoms with Crippen LogP contribution in [0.1, 0.15) is 72.4 Å². The summed E-state index contributed by atoms with van der Waals surface area (Å²) in [5.41, 5.74) is 3.73. The van der Waals surface area contributed by atoms with Crippen LogP contribution in [0.2, 0.25) is 0 Å². The quantitative estimate of drug-likeness (QED) is 0.159. The highest BCUT2D eigenvalue weighted by molar-refractivity contribution is 5.81. The second-order valence-corrected chi connectivity index (χ2v) is 15.8. The first-order valence-corrected chi connectivity index (χ1v) is 21.2. The van der Waals surface area contributed by atoms with Crippen molar-refractivity contribution in [3.8, 4) is 11.1 Å². The third-order valence-electron chi connectivity index (χ3n) is 10.6. The predicted octanol–water partition coefficient (Wildman–Crippen LogP) is 2.00. The summed E-state index contributed by atoms with van der Waals surface area (Å²) in [6.07, 6.45) is -20.3. The van der Waals surface area contributed by atoms with E-state index in [0.717, 1.165) is 70.7 Å². The Hall–Kier alpha value is -6.69. The first-order valence-electron chi connectivity index (χ1n) is 21.2. The normalized spacial score (nSPS) is 25.9. The first kappa shape index (κ1) is 52.3. The minimum atomic E-state index is -1.94. The minimum absolute atomic E-state index is 0.162. The van der Waals surface area contributed by atoms with Crippen LogP contribution in [0.25, 0.3) is 11.1 Å². The highest BCUT2D eigenvalue weighted by atomic mass is 16.8. The van der Waals surface area contributed by atoms with Crippen LogP contribution in [0.5, 0.6) is 0 Å². The number of nitrogens with one attached hydrogen (secondary N) is 1. The molecule has 12 unspecified atom stereocenters. The van der Waals surface area contributed by atoms with E-state index in [-0.39, 0.29) is 12.5 Å². The lowest BCUT2D eigenvalue weighted by Gasteiger charge is -2.49. The number of rotatable bonds is 18. The molecule has 2 aliphatic heterocycles. The van der Waals surface area contributed by atoms with Crippen LogP contribution in [-0.2, 0) is 95.2 Å². The molecule has 2 fully saturated rings. The number of esters is 7. The highest BCUT2D eigenvalue weighted by Gasteiger charge is 2.58. The van der Waals surface area contributed by atoms with Crippen LogP contribution in [0, 0.1) is 0 Å². The maximum Gasteiger partial charge on any atom is 0.407 e. The molecule has 2 N–H and O–H groups in total. The molecule has 1 amide bonds. The summed E-state index contributed by atoms with van der Waals surface area (Å²) in [5, 5.41) is 12.6. The zero-order valence-corrected chi connectivity index (χ0v) is 38.3. The molecule has 0 radical (unpaired) electrons. The van der Waals surface area contributed by atoms with Gasteiger partial charge in [0.2, 0.25) is 0 Å². The average Bonchev–Trinajstić information content (AvgIpc) is 3.57. The Morgan fingerprint density at radius 1 is 0.529 bits per heavy atom. The maximum atomic E-state index is 13.3. The van der Waals surface area contributed by atoms with Crippen LogP contribution in [0.15, 0.2) is 48.5 Å². The Morgan fingerprint density at radius 2 is 0.941 bits per heavy atom. The molecule has 68 heavy (non-hydrogen) atoms. The molecule has 0 aromatic heterocycles. The van der Waals surface area contributed by atoms with E-state index in [9.17, 15) is 48.3 Å². The fraction of sp³-hybridized carbons (Fsp3) is 0.533. The first-order chi connectivity index (χ1) is 32.1. The zero-order chi connectivity index (χ0) is 50.0. The van der Waals surface area contributed by atoms with E-state index in [0.29, 0.717) is 0 Å². The summed E-state index contributed by atoms with van der Waals surface area (Å²) in [5.74, 6) is -8.49. The number of amides is 1. The van der Waals surface area contributed by atoms with Gasteiger partial charge in [-0.25, -0.2) is 9.59 Å². The van der Waals surface area contributed by atoms with Gasteiger partial charge in [-0.05, 0) is 29.2 Å². The van der Waals surface area contributed by atoms with Crippen molar-refractivity contribution in [1.29, 1.82) is 0 Å². The Kier molecular flexibility index (Phi) is 18.0. The SMILES string of the molecule is CC(=O)OCC1OC(OC2C(COC(C)=O)OC(OC(C)C(NC(=O)OCC3c4ccccc4-c4ccccc43)C(=O)O)C(OC(C)=O)C2OC(C)=O)C(OC(C)=O)C(OC(C)=O)C1OC(C)=O. The van der Waals surface area contributed by atoms with Crippen molar-refractivity contribution in [3.05, 3.63) is 59.7 Å². The third-order valence-corrected chi connectivity index (χ3v) is 10.6. The molecule has 2 aromatic rings. The Bertz CT molecular complexity index is 2170. The fourth-order valence-electron chi connectivity index (χ4n) is 8.02. The number of ether oxygens (including phenoxy) is 12. The second-order valence-electron chi connectivity index (χ2n) is 15.8.